The van der Waals surface area contributed by atoms with Gasteiger partial charge in [-0.15, -0.1) is 0 Å². The molecule has 1 amide bonds. The third-order valence-electron chi connectivity index (χ3n) is 5.24. The molecule has 0 N–H and O–H groups in total. The fraction of sp³-hybridized carbons (Fsp3) is 0.632. The number of piperidine rings is 1. The number of nitrogens with zero attached hydrogens (tertiary/aromatic N) is 1. The van der Waals surface area contributed by atoms with E-state index in [2.05, 4.69) is 0 Å². The summed E-state index contributed by atoms with van der Waals surface area (Å²) >= 11 is 0. The average molecular weight is 363 g/mol. The van der Waals surface area contributed by atoms with E-state index in [9.17, 15) is 14.4 Å². The van der Waals surface area contributed by atoms with Gasteiger partial charge < -0.3 is 18.8 Å². The van der Waals surface area contributed by atoms with E-state index in [0.717, 1.165) is 25.7 Å². The first-order chi connectivity index (χ1) is 12.5. The van der Waals surface area contributed by atoms with Crippen LogP contribution < -0.4 is 5.63 Å². The maximum atomic E-state index is 13.0. The van der Waals surface area contributed by atoms with Crippen LogP contribution >= 0.6 is 0 Å². The molecule has 2 aliphatic rings. The Balaban J connectivity index is 1.89. The topological polar surface area (TPSA) is 86.1 Å². The molecule has 1 atom stereocenters. The van der Waals surface area contributed by atoms with Crippen molar-refractivity contribution in [3.05, 3.63) is 33.4 Å². The molecule has 3 heterocycles. The normalized spacial score (nSPS) is 21.5. The molecule has 0 aromatic carbocycles. The maximum Gasteiger partial charge on any atom is 0.349 e. The number of aryl methyl sites for hydroxylation is 1. The summed E-state index contributed by atoms with van der Waals surface area (Å²) in [6, 6.07) is 1.14. The zero-order valence-electron chi connectivity index (χ0n) is 15.3. The van der Waals surface area contributed by atoms with E-state index in [1.54, 1.807) is 13.0 Å². The first-order valence-corrected chi connectivity index (χ1v) is 9.14. The minimum atomic E-state index is -0.643. The van der Waals surface area contributed by atoms with E-state index in [1.807, 2.05) is 0 Å². The van der Waals surface area contributed by atoms with Crippen LogP contribution in [-0.4, -0.2) is 49.7 Å². The molecule has 7 heteroatoms. The number of ether oxygens (including phenoxy) is 2. The van der Waals surface area contributed by atoms with Crippen LogP contribution in [0, 0.1) is 6.92 Å². The van der Waals surface area contributed by atoms with E-state index in [1.165, 1.54) is 12.0 Å². The highest BCUT2D eigenvalue weighted by atomic mass is 16.5. The Morgan fingerprint density at radius 3 is 2.58 bits per heavy atom. The second-order valence-electron chi connectivity index (χ2n) is 6.91. The number of amides is 1. The second-order valence-corrected chi connectivity index (χ2v) is 6.91. The number of carbonyl (C=O) groups is 2. The summed E-state index contributed by atoms with van der Waals surface area (Å²) in [5, 5.41) is 0. The number of likely N-dealkylation sites (tertiary alicyclic amines) is 1. The van der Waals surface area contributed by atoms with Crippen LogP contribution in [-0.2, 0) is 14.3 Å². The Morgan fingerprint density at radius 1 is 1.19 bits per heavy atom. The van der Waals surface area contributed by atoms with Gasteiger partial charge >= 0.3 is 11.6 Å². The highest BCUT2D eigenvalue weighted by Gasteiger charge is 2.35. The van der Waals surface area contributed by atoms with E-state index < -0.39 is 23.5 Å². The lowest BCUT2D eigenvalue weighted by Crippen LogP contribution is -2.49. The molecule has 0 spiro atoms. The van der Waals surface area contributed by atoms with Crippen molar-refractivity contribution < 1.29 is 23.5 Å². The van der Waals surface area contributed by atoms with Crippen molar-refractivity contribution in [2.75, 3.05) is 26.9 Å². The highest BCUT2D eigenvalue weighted by Crippen LogP contribution is 2.28. The molecule has 1 aromatic heterocycles. The van der Waals surface area contributed by atoms with Gasteiger partial charge in [-0.2, -0.15) is 0 Å². The SMILES string of the molecule is COC(=O)C1CCCCN1C(=O)c1c(C)cc(C2CCOCC2)oc1=O. The van der Waals surface area contributed by atoms with E-state index >= 15 is 0 Å². The third-order valence-corrected chi connectivity index (χ3v) is 5.24. The van der Waals surface area contributed by atoms with Gasteiger partial charge in [0.2, 0.25) is 0 Å². The first kappa shape index (κ1) is 18.6. The number of carbonyl (C=O) groups excluding carboxylic acids is 2. The summed E-state index contributed by atoms with van der Waals surface area (Å²) in [6.07, 6.45) is 3.78. The van der Waals surface area contributed by atoms with Crippen LogP contribution in [0.3, 0.4) is 0 Å². The van der Waals surface area contributed by atoms with Gasteiger partial charge in [-0.1, -0.05) is 0 Å². The molecule has 2 saturated heterocycles. The fourth-order valence-corrected chi connectivity index (χ4v) is 3.77. The van der Waals surface area contributed by atoms with Gasteiger partial charge in [0.1, 0.15) is 17.4 Å². The molecule has 2 aliphatic heterocycles. The maximum absolute atomic E-state index is 13.0. The summed E-state index contributed by atoms with van der Waals surface area (Å²) in [6.45, 7) is 3.45. The van der Waals surface area contributed by atoms with Crippen molar-refractivity contribution in [3.8, 4) is 0 Å². The number of rotatable bonds is 3. The van der Waals surface area contributed by atoms with Crippen LogP contribution in [0.15, 0.2) is 15.3 Å². The van der Waals surface area contributed by atoms with Gasteiger partial charge in [-0.05, 0) is 50.7 Å². The van der Waals surface area contributed by atoms with Crippen molar-refractivity contribution in [2.24, 2.45) is 0 Å². The summed E-state index contributed by atoms with van der Waals surface area (Å²) in [4.78, 5) is 39.0. The van der Waals surface area contributed by atoms with Crippen molar-refractivity contribution in [1.29, 1.82) is 0 Å². The Labute approximate surface area is 152 Å². The summed E-state index contributed by atoms with van der Waals surface area (Å²) in [5.74, 6) is -0.156. The van der Waals surface area contributed by atoms with Gasteiger partial charge in [0.25, 0.3) is 5.91 Å². The van der Waals surface area contributed by atoms with Crippen molar-refractivity contribution in [1.82, 2.24) is 4.90 Å². The lowest BCUT2D eigenvalue weighted by atomic mass is 9.95. The van der Waals surface area contributed by atoms with Crippen molar-refractivity contribution in [3.63, 3.8) is 0 Å². The molecule has 0 aliphatic carbocycles. The predicted molar refractivity (Wildman–Crippen MR) is 93.2 cm³/mol. The Bertz CT molecular complexity index is 734. The monoisotopic (exact) mass is 363 g/mol. The molecule has 3 rings (SSSR count). The van der Waals surface area contributed by atoms with Crippen LogP contribution in [0.2, 0.25) is 0 Å². The third kappa shape index (κ3) is 3.67. The second kappa shape index (κ2) is 8.03. The van der Waals surface area contributed by atoms with Gasteiger partial charge in [0.15, 0.2) is 0 Å². The highest BCUT2D eigenvalue weighted by molar-refractivity contribution is 5.97. The minimum absolute atomic E-state index is 0.0108. The van der Waals surface area contributed by atoms with Gasteiger partial charge in [0, 0.05) is 25.7 Å². The van der Waals surface area contributed by atoms with Crippen molar-refractivity contribution >= 4 is 11.9 Å². The minimum Gasteiger partial charge on any atom is -0.467 e. The standard InChI is InChI=1S/C19H25NO6/c1-12-11-15(13-6-9-25-10-7-13)26-19(23)16(12)17(21)20-8-4-3-5-14(20)18(22)24-2/h11,13-14H,3-10H2,1-2H3. The first-order valence-electron chi connectivity index (χ1n) is 9.14. The van der Waals surface area contributed by atoms with E-state index in [-0.39, 0.29) is 11.5 Å². The lowest BCUT2D eigenvalue weighted by molar-refractivity contribution is -0.147. The van der Waals surface area contributed by atoms with Crippen LogP contribution in [0.1, 0.15) is 59.7 Å². The zero-order chi connectivity index (χ0) is 18.7. The van der Waals surface area contributed by atoms with Gasteiger partial charge in [-0.25, -0.2) is 9.59 Å². The number of hydrogen-bond acceptors (Lipinski definition) is 6. The molecule has 26 heavy (non-hydrogen) atoms. The molecule has 2 fully saturated rings. The Morgan fingerprint density at radius 2 is 1.92 bits per heavy atom. The lowest BCUT2D eigenvalue weighted by Gasteiger charge is -2.33. The summed E-state index contributed by atoms with van der Waals surface area (Å²) in [7, 11) is 1.31. The van der Waals surface area contributed by atoms with E-state index in [4.69, 9.17) is 13.9 Å². The molecule has 7 nitrogen and oxygen atoms in total. The quantitative estimate of drug-likeness (QED) is 0.764. The number of esters is 1. The molecular formula is C19H25NO6. The van der Waals surface area contributed by atoms with E-state index in [0.29, 0.717) is 37.5 Å². The smallest absolute Gasteiger partial charge is 0.349 e. The largest absolute Gasteiger partial charge is 0.467 e. The summed E-state index contributed by atoms with van der Waals surface area (Å²) in [5.41, 5.74) is -0.0378. The molecule has 1 aromatic rings. The average Bonchev–Trinajstić information content (AvgIpc) is 2.67. The van der Waals surface area contributed by atoms with Gasteiger partial charge in [0.05, 0.1) is 7.11 Å². The molecular weight excluding hydrogens is 338 g/mol. The van der Waals surface area contributed by atoms with Crippen molar-refractivity contribution in [2.45, 2.75) is 51.0 Å². The number of hydrogen-bond donors (Lipinski definition) is 0. The molecule has 0 radical (unpaired) electrons. The predicted octanol–water partition coefficient (Wildman–Crippen LogP) is 2.01. The van der Waals surface area contributed by atoms with Crippen LogP contribution in [0.5, 0.6) is 0 Å². The number of methoxy groups -OCH3 is 1. The van der Waals surface area contributed by atoms with Crippen LogP contribution in [0.25, 0.3) is 0 Å². The van der Waals surface area contributed by atoms with Gasteiger partial charge in [-0.3, -0.25) is 4.79 Å². The molecule has 1 unspecified atom stereocenters. The summed E-state index contributed by atoms with van der Waals surface area (Å²) < 4.78 is 15.7. The Hall–Kier alpha value is -2.15. The fourth-order valence-electron chi connectivity index (χ4n) is 3.77. The molecule has 0 saturated carbocycles. The zero-order valence-corrected chi connectivity index (χ0v) is 15.3. The molecule has 142 valence electrons. The molecule has 0 bridgehead atoms. The van der Waals surface area contributed by atoms with Crippen LogP contribution in [0.4, 0.5) is 0 Å². The Kier molecular flexibility index (Phi) is 5.76.